The van der Waals surface area contributed by atoms with Gasteiger partial charge in [0.25, 0.3) is 0 Å². The van der Waals surface area contributed by atoms with E-state index in [4.69, 9.17) is 18.9 Å². The summed E-state index contributed by atoms with van der Waals surface area (Å²) in [6.07, 6.45) is 8.30. The number of para-hydroxylation sites is 2. The Morgan fingerprint density at radius 2 is 1.61 bits per heavy atom. The van der Waals surface area contributed by atoms with Crippen LogP contribution in [0, 0.1) is 6.92 Å². The van der Waals surface area contributed by atoms with Gasteiger partial charge < -0.3 is 18.9 Å². The lowest BCUT2D eigenvalue weighted by atomic mass is 9.82. The molecule has 2 aromatic rings. The average molecular weight is 421 g/mol. The van der Waals surface area contributed by atoms with Crippen LogP contribution in [0.1, 0.15) is 54.7 Å². The Balaban J connectivity index is 1.29. The van der Waals surface area contributed by atoms with Gasteiger partial charge in [-0.05, 0) is 54.9 Å². The maximum atomic E-state index is 6.23. The van der Waals surface area contributed by atoms with E-state index in [9.17, 15) is 0 Å². The SMILES string of the molecule is Cc1cccc(C2=CCC(c3ccccc3OCC3CCO3)CC2)c1OCC1CCO1. The van der Waals surface area contributed by atoms with Gasteiger partial charge in [0.15, 0.2) is 0 Å². The summed E-state index contributed by atoms with van der Waals surface area (Å²) < 4.78 is 23.4. The normalized spacial score (nSPS) is 25.2. The Morgan fingerprint density at radius 1 is 0.871 bits per heavy atom. The van der Waals surface area contributed by atoms with Crippen molar-refractivity contribution in [2.24, 2.45) is 0 Å². The smallest absolute Gasteiger partial charge is 0.129 e. The number of benzene rings is 2. The second-order valence-electron chi connectivity index (χ2n) is 8.88. The molecule has 3 unspecified atom stereocenters. The molecule has 1 aliphatic carbocycles. The Kier molecular flexibility index (Phi) is 6.28. The van der Waals surface area contributed by atoms with Gasteiger partial charge in [-0.25, -0.2) is 0 Å². The highest BCUT2D eigenvalue weighted by molar-refractivity contribution is 5.72. The van der Waals surface area contributed by atoms with Crippen LogP contribution in [-0.2, 0) is 9.47 Å². The van der Waals surface area contributed by atoms with Crippen LogP contribution in [0.15, 0.2) is 48.5 Å². The van der Waals surface area contributed by atoms with E-state index in [1.807, 2.05) is 0 Å². The van der Waals surface area contributed by atoms with E-state index < -0.39 is 0 Å². The third-order valence-electron chi connectivity index (χ3n) is 6.75. The molecule has 0 aromatic heterocycles. The monoisotopic (exact) mass is 420 g/mol. The quantitative estimate of drug-likeness (QED) is 0.550. The topological polar surface area (TPSA) is 36.9 Å². The molecule has 4 nitrogen and oxygen atoms in total. The van der Waals surface area contributed by atoms with Crippen molar-refractivity contribution in [3.8, 4) is 11.5 Å². The summed E-state index contributed by atoms with van der Waals surface area (Å²) in [5.74, 6) is 2.52. The second kappa shape index (κ2) is 9.46. The third kappa shape index (κ3) is 4.65. The standard InChI is InChI=1S/C27H32O4/c1-19-5-4-7-25(27(19)31-18-23-14-16-29-23)21-11-9-20(10-12-21)24-6-2-3-8-26(24)30-17-22-13-15-28-22/h2-8,11,20,22-23H,9-10,12-18H2,1H3. The van der Waals surface area contributed by atoms with Gasteiger partial charge in [0.1, 0.15) is 24.7 Å². The van der Waals surface area contributed by atoms with Crippen LogP contribution in [0.2, 0.25) is 0 Å². The number of hydrogen-bond donors (Lipinski definition) is 0. The summed E-state index contributed by atoms with van der Waals surface area (Å²) in [6, 6.07) is 15.0. The Morgan fingerprint density at radius 3 is 2.29 bits per heavy atom. The molecule has 3 atom stereocenters. The molecule has 0 bridgehead atoms. The summed E-state index contributed by atoms with van der Waals surface area (Å²) in [5, 5.41) is 0. The minimum absolute atomic E-state index is 0.249. The van der Waals surface area contributed by atoms with Gasteiger partial charge >= 0.3 is 0 Å². The lowest BCUT2D eigenvalue weighted by Crippen LogP contribution is -2.32. The molecule has 3 aliphatic rings. The maximum absolute atomic E-state index is 6.23. The van der Waals surface area contributed by atoms with E-state index in [1.165, 1.54) is 22.3 Å². The van der Waals surface area contributed by atoms with Gasteiger partial charge in [0, 0.05) is 31.6 Å². The minimum atomic E-state index is 0.249. The van der Waals surface area contributed by atoms with E-state index in [1.54, 1.807) is 0 Å². The first-order chi connectivity index (χ1) is 15.3. The first kappa shape index (κ1) is 20.6. The van der Waals surface area contributed by atoms with Gasteiger partial charge in [-0.1, -0.05) is 42.5 Å². The summed E-state index contributed by atoms with van der Waals surface area (Å²) in [7, 11) is 0. The van der Waals surface area contributed by atoms with E-state index >= 15 is 0 Å². The predicted molar refractivity (Wildman–Crippen MR) is 122 cm³/mol. The van der Waals surface area contributed by atoms with Crippen LogP contribution < -0.4 is 9.47 Å². The summed E-state index contributed by atoms with van der Waals surface area (Å²) in [5.41, 5.74) is 5.15. The first-order valence-corrected chi connectivity index (χ1v) is 11.6. The summed E-state index contributed by atoms with van der Waals surface area (Å²) >= 11 is 0. The molecule has 4 heteroatoms. The predicted octanol–water partition coefficient (Wildman–Crippen LogP) is 5.68. The highest BCUT2D eigenvalue weighted by Crippen LogP contribution is 2.42. The molecule has 2 aliphatic heterocycles. The lowest BCUT2D eigenvalue weighted by molar-refractivity contribution is -0.0723. The molecule has 0 radical (unpaired) electrons. The fraction of sp³-hybridized carbons (Fsp3) is 0.481. The van der Waals surface area contributed by atoms with Crippen molar-refractivity contribution in [3.05, 3.63) is 65.2 Å². The number of aryl methyl sites for hydroxylation is 1. The van der Waals surface area contributed by atoms with Crippen molar-refractivity contribution in [1.82, 2.24) is 0 Å². The molecule has 0 N–H and O–H groups in total. The van der Waals surface area contributed by atoms with E-state index in [2.05, 4.69) is 55.5 Å². The number of allylic oxidation sites excluding steroid dienone is 2. The van der Waals surface area contributed by atoms with Crippen LogP contribution in [0.25, 0.3) is 5.57 Å². The first-order valence-electron chi connectivity index (χ1n) is 11.6. The molecule has 0 saturated carbocycles. The fourth-order valence-corrected chi connectivity index (χ4v) is 4.60. The third-order valence-corrected chi connectivity index (χ3v) is 6.75. The maximum Gasteiger partial charge on any atom is 0.129 e. The Hall–Kier alpha value is -2.30. The Bertz CT molecular complexity index is 927. The molecule has 0 amide bonds. The average Bonchev–Trinajstić information content (AvgIpc) is 2.73. The Labute approximate surface area is 185 Å². The van der Waals surface area contributed by atoms with Crippen molar-refractivity contribution < 1.29 is 18.9 Å². The molecular formula is C27H32O4. The molecule has 0 spiro atoms. The molecule has 2 saturated heterocycles. The number of rotatable bonds is 8. The zero-order valence-corrected chi connectivity index (χ0v) is 18.3. The van der Waals surface area contributed by atoms with Crippen molar-refractivity contribution in [1.29, 1.82) is 0 Å². The van der Waals surface area contributed by atoms with E-state index in [0.717, 1.165) is 56.8 Å². The highest BCUT2D eigenvalue weighted by Gasteiger charge is 2.25. The largest absolute Gasteiger partial charge is 0.491 e. The van der Waals surface area contributed by atoms with Gasteiger partial charge in [0.2, 0.25) is 0 Å². The molecular weight excluding hydrogens is 388 g/mol. The molecule has 5 rings (SSSR count). The second-order valence-corrected chi connectivity index (χ2v) is 8.88. The van der Waals surface area contributed by atoms with Gasteiger partial charge in [0.05, 0.1) is 12.2 Å². The van der Waals surface area contributed by atoms with E-state index in [-0.39, 0.29) is 12.2 Å². The molecule has 2 fully saturated rings. The van der Waals surface area contributed by atoms with Crippen LogP contribution >= 0.6 is 0 Å². The fourth-order valence-electron chi connectivity index (χ4n) is 4.60. The molecule has 2 heterocycles. The molecule has 2 aromatic carbocycles. The van der Waals surface area contributed by atoms with Crippen molar-refractivity contribution in [2.45, 2.75) is 57.2 Å². The summed E-state index contributed by atoms with van der Waals surface area (Å²) in [4.78, 5) is 0. The zero-order valence-electron chi connectivity index (χ0n) is 18.3. The van der Waals surface area contributed by atoms with Gasteiger partial charge in [-0.15, -0.1) is 0 Å². The van der Waals surface area contributed by atoms with Gasteiger partial charge in [-0.2, -0.15) is 0 Å². The van der Waals surface area contributed by atoms with Crippen LogP contribution in [0.5, 0.6) is 11.5 Å². The van der Waals surface area contributed by atoms with E-state index in [0.29, 0.717) is 19.1 Å². The lowest BCUT2D eigenvalue weighted by Gasteiger charge is -2.29. The van der Waals surface area contributed by atoms with Crippen LogP contribution in [0.3, 0.4) is 0 Å². The van der Waals surface area contributed by atoms with Crippen molar-refractivity contribution in [2.75, 3.05) is 26.4 Å². The van der Waals surface area contributed by atoms with Crippen LogP contribution in [-0.4, -0.2) is 38.6 Å². The molecule has 31 heavy (non-hydrogen) atoms. The number of ether oxygens (including phenoxy) is 4. The summed E-state index contributed by atoms with van der Waals surface area (Å²) in [6.45, 7) is 5.15. The van der Waals surface area contributed by atoms with Crippen LogP contribution in [0.4, 0.5) is 0 Å². The highest BCUT2D eigenvalue weighted by atomic mass is 16.6. The van der Waals surface area contributed by atoms with Crippen molar-refractivity contribution >= 4 is 5.57 Å². The van der Waals surface area contributed by atoms with Gasteiger partial charge in [-0.3, -0.25) is 0 Å². The number of hydrogen-bond acceptors (Lipinski definition) is 4. The van der Waals surface area contributed by atoms with Crippen molar-refractivity contribution in [3.63, 3.8) is 0 Å². The molecule has 164 valence electrons. The zero-order chi connectivity index (χ0) is 21.0. The minimum Gasteiger partial charge on any atom is -0.491 e.